The van der Waals surface area contributed by atoms with Gasteiger partial charge in [-0.25, -0.2) is 0 Å². The zero-order valence-corrected chi connectivity index (χ0v) is 41.3. The minimum Gasteiger partial charge on any atom is -0.462 e. The van der Waals surface area contributed by atoms with Crippen molar-refractivity contribution < 1.29 is 24.5 Å². The van der Waals surface area contributed by atoms with Gasteiger partial charge < -0.3 is 20.3 Å². The van der Waals surface area contributed by atoms with Crippen molar-refractivity contribution in [1.29, 1.82) is 0 Å². The third kappa shape index (κ3) is 45.0. The van der Waals surface area contributed by atoms with Crippen molar-refractivity contribution in [3.63, 3.8) is 0 Å². The van der Waals surface area contributed by atoms with E-state index in [0.717, 1.165) is 51.4 Å². The molecule has 0 bridgehead atoms. The summed E-state index contributed by atoms with van der Waals surface area (Å²) in [5, 5.41) is 23.8. The zero-order chi connectivity index (χ0) is 44.5. The highest BCUT2D eigenvalue weighted by Crippen LogP contribution is 2.19. The molecule has 0 aliphatic heterocycles. The van der Waals surface area contributed by atoms with E-state index in [-0.39, 0.29) is 24.9 Å². The van der Waals surface area contributed by atoms with E-state index in [1.165, 1.54) is 205 Å². The first-order valence-electron chi connectivity index (χ1n) is 27.4. The third-order valence-corrected chi connectivity index (χ3v) is 12.8. The smallest absolute Gasteiger partial charge is 0.306 e. The van der Waals surface area contributed by atoms with Crippen molar-refractivity contribution >= 4 is 11.9 Å². The summed E-state index contributed by atoms with van der Waals surface area (Å²) in [7, 11) is 0. The van der Waals surface area contributed by atoms with Gasteiger partial charge in [0.05, 0.1) is 25.2 Å². The summed E-state index contributed by atoms with van der Waals surface area (Å²) in [5.41, 5.74) is 0. The van der Waals surface area contributed by atoms with Crippen molar-refractivity contribution in [2.75, 3.05) is 6.61 Å². The monoisotopic (exact) mass is 862 g/mol. The maximum absolute atomic E-state index is 13.2. The fraction of sp³-hybridized carbons (Fsp3) is 0.927. The van der Waals surface area contributed by atoms with E-state index in [0.29, 0.717) is 19.3 Å². The second-order valence-electron chi connectivity index (χ2n) is 19.0. The van der Waals surface area contributed by atoms with Gasteiger partial charge in [0.1, 0.15) is 6.10 Å². The molecule has 0 aliphatic carbocycles. The Morgan fingerprint density at radius 1 is 0.459 bits per heavy atom. The van der Waals surface area contributed by atoms with Gasteiger partial charge in [-0.1, -0.05) is 251 Å². The molecular formula is C55H107NO5. The number of aliphatic hydroxyl groups is 2. The first-order chi connectivity index (χ1) is 30.0. The number of carbonyl (C=O) groups excluding carboxylic acids is 2. The Morgan fingerprint density at radius 2 is 0.787 bits per heavy atom. The van der Waals surface area contributed by atoms with Crippen LogP contribution in [0.4, 0.5) is 0 Å². The summed E-state index contributed by atoms with van der Waals surface area (Å²) >= 11 is 0. The summed E-state index contributed by atoms with van der Waals surface area (Å²) in [6.07, 6.45) is 55.6. The summed E-state index contributed by atoms with van der Waals surface area (Å²) in [6, 6.07) is -0.696. The molecule has 0 aromatic heterocycles. The topological polar surface area (TPSA) is 95.9 Å². The van der Waals surface area contributed by atoms with Gasteiger partial charge in [0, 0.05) is 6.42 Å². The van der Waals surface area contributed by atoms with Crippen molar-refractivity contribution in [2.24, 2.45) is 0 Å². The molecule has 3 atom stereocenters. The molecule has 0 fully saturated rings. The van der Waals surface area contributed by atoms with E-state index >= 15 is 0 Å². The number of ether oxygens (including phenoxy) is 1. The molecule has 1 amide bonds. The molecule has 6 nitrogen and oxygen atoms in total. The summed E-state index contributed by atoms with van der Waals surface area (Å²) in [4.78, 5) is 26.1. The molecule has 362 valence electrons. The first-order valence-corrected chi connectivity index (χ1v) is 27.4. The van der Waals surface area contributed by atoms with Crippen LogP contribution < -0.4 is 5.32 Å². The van der Waals surface area contributed by atoms with Gasteiger partial charge in [-0.05, 0) is 51.4 Å². The average molecular weight is 862 g/mol. The molecule has 0 spiro atoms. The standard InChI is InChI=1S/C55H107NO5/c1-4-7-10-13-16-19-22-25-26-27-28-30-32-35-38-41-44-47-53(58)52(50-57)56-54(59)49-51(46-43-40-37-34-31-29-23-20-17-14-11-8-5-2)61-55(60)48-45-42-39-36-33-24-21-18-15-12-9-6-3/h18,21,51-53,57-58H,4-17,19-20,22-50H2,1-3H3,(H,56,59)/b21-18-. The Bertz CT molecular complexity index is 924. The summed E-state index contributed by atoms with van der Waals surface area (Å²) < 4.78 is 5.94. The predicted molar refractivity (Wildman–Crippen MR) is 264 cm³/mol. The number of nitrogens with one attached hydrogen (secondary N) is 1. The molecule has 0 aromatic rings. The SMILES string of the molecule is CCCCC/C=C\CCCCCCCC(=O)OC(CCCCCCCCCCCCCCC)CC(=O)NC(CO)C(O)CCCCCCCCCCCCCCCCCCC. The van der Waals surface area contributed by atoms with E-state index in [2.05, 4.69) is 38.2 Å². The number of hydrogen-bond donors (Lipinski definition) is 3. The van der Waals surface area contributed by atoms with Crippen molar-refractivity contribution in [1.82, 2.24) is 5.32 Å². The Balaban J connectivity index is 4.46. The lowest BCUT2D eigenvalue weighted by molar-refractivity contribution is -0.151. The van der Waals surface area contributed by atoms with Crippen LogP contribution in [0.3, 0.4) is 0 Å². The fourth-order valence-electron chi connectivity index (χ4n) is 8.66. The Kier molecular flexibility index (Phi) is 48.5. The number of allylic oxidation sites excluding steroid dienone is 2. The Hall–Kier alpha value is -1.40. The lowest BCUT2D eigenvalue weighted by atomic mass is 10.0. The number of esters is 1. The Morgan fingerprint density at radius 3 is 1.20 bits per heavy atom. The maximum atomic E-state index is 13.2. The average Bonchev–Trinajstić information content (AvgIpc) is 3.25. The lowest BCUT2D eigenvalue weighted by Gasteiger charge is -2.24. The molecule has 61 heavy (non-hydrogen) atoms. The summed E-state index contributed by atoms with van der Waals surface area (Å²) in [6.45, 7) is 6.49. The largest absolute Gasteiger partial charge is 0.462 e. The van der Waals surface area contributed by atoms with Crippen LogP contribution in [0, 0.1) is 0 Å². The number of amides is 1. The molecule has 0 rings (SSSR count). The van der Waals surface area contributed by atoms with Crippen LogP contribution >= 0.6 is 0 Å². The van der Waals surface area contributed by atoms with Crippen LogP contribution in [0.5, 0.6) is 0 Å². The fourth-order valence-corrected chi connectivity index (χ4v) is 8.66. The minimum absolute atomic E-state index is 0.0817. The maximum Gasteiger partial charge on any atom is 0.306 e. The molecule has 0 radical (unpaired) electrons. The first kappa shape index (κ1) is 59.6. The molecule has 3 unspecified atom stereocenters. The molecular weight excluding hydrogens is 755 g/mol. The van der Waals surface area contributed by atoms with Crippen LogP contribution in [0.2, 0.25) is 0 Å². The number of rotatable bonds is 50. The van der Waals surface area contributed by atoms with E-state index in [1.807, 2.05) is 0 Å². The van der Waals surface area contributed by atoms with Gasteiger partial charge >= 0.3 is 5.97 Å². The number of aliphatic hydroxyl groups excluding tert-OH is 2. The van der Waals surface area contributed by atoms with Gasteiger partial charge in [0.2, 0.25) is 5.91 Å². The molecule has 0 heterocycles. The quantitative estimate of drug-likeness (QED) is 0.0322. The number of carbonyl (C=O) groups is 2. The number of unbranched alkanes of at least 4 members (excludes halogenated alkanes) is 36. The molecule has 0 saturated heterocycles. The van der Waals surface area contributed by atoms with Crippen LogP contribution in [0.1, 0.15) is 303 Å². The summed E-state index contributed by atoms with van der Waals surface area (Å²) in [5.74, 6) is -0.465. The van der Waals surface area contributed by atoms with Gasteiger partial charge in [-0.3, -0.25) is 9.59 Å². The van der Waals surface area contributed by atoms with Gasteiger partial charge in [-0.2, -0.15) is 0 Å². The predicted octanol–water partition coefficient (Wildman–Crippen LogP) is 16.5. The van der Waals surface area contributed by atoms with Crippen LogP contribution in [0.25, 0.3) is 0 Å². The highest BCUT2D eigenvalue weighted by molar-refractivity contribution is 5.77. The highest BCUT2D eigenvalue weighted by atomic mass is 16.5. The molecule has 0 aromatic carbocycles. The minimum atomic E-state index is -0.783. The molecule has 6 heteroatoms. The molecule has 0 aliphatic rings. The van der Waals surface area contributed by atoms with Crippen molar-refractivity contribution in [3.8, 4) is 0 Å². The zero-order valence-electron chi connectivity index (χ0n) is 41.3. The Labute approximate surface area is 380 Å². The van der Waals surface area contributed by atoms with E-state index in [1.54, 1.807) is 0 Å². The van der Waals surface area contributed by atoms with E-state index < -0.39 is 18.2 Å². The van der Waals surface area contributed by atoms with Crippen molar-refractivity contribution in [2.45, 2.75) is 322 Å². The molecule has 3 N–H and O–H groups in total. The van der Waals surface area contributed by atoms with E-state index in [9.17, 15) is 19.8 Å². The molecule has 0 saturated carbocycles. The van der Waals surface area contributed by atoms with Crippen molar-refractivity contribution in [3.05, 3.63) is 12.2 Å². The second kappa shape index (κ2) is 49.6. The van der Waals surface area contributed by atoms with Crippen LogP contribution in [-0.4, -0.2) is 46.9 Å². The van der Waals surface area contributed by atoms with Crippen LogP contribution in [0.15, 0.2) is 12.2 Å². The van der Waals surface area contributed by atoms with Crippen LogP contribution in [-0.2, 0) is 14.3 Å². The van der Waals surface area contributed by atoms with Gasteiger partial charge in [0.25, 0.3) is 0 Å². The third-order valence-electron chi connectivity index (χ3n) is 12.8. The highest BCUT2D eigenvalue weighted by Gasteiger charge is 2.24. The number of hydrogen-bond acceptors (Lipinski definition) is 5. The van der Waals surface area contributed by atoms with Gasteiger partial charge in [-0.15, -0.1) is 0 Å². The second-order valence-corrected chi connectivity index (χ2v) is 19.0. The lowest BCUT2D eigenvalue weighted by Crippen LogP contribution is -2.46. The van der Waals surface area contributed by atoms with E-state index in [4.69, 9.17) is 4.74 Å². The normalized spacial score (nSPS) is 13.2. The van der Waals surface area contributed by atoms with Gasteiger partial charge in [0.15, 0.2) is 0 Å².